The fraction of sp³-hybridized carbons (Fsp3) is 0.158. The second kappa shape index (κ2) is 8.07. The smallest absolute Gasteiger partial charge is 0.320 e. The molecule has 0 saturated heterocycles. The Labute approximate surface area is 138 Å². The molecule has 2 aromatic carbocycles. The van der Waals surface area contributed by atoms with Crippen molar-refractivity contribution < 1.29 is 14.0 Å². The van der Waals surface area contributed by atoms with Gasteiger partial charge in [-0.2, -0.15) is 4.89 Å². The highest BCUT2D eigenvalue weighted by atomic mass is 31.2. The molecule has 1 heterocycles. The van der Waals surface area contributed by atoms with Crippen LogP contribution < -0.4 is 16.1 Å². The molecule has 1 aromatic heterocycles. The van der Waals surface area contributed by atoms with Crippen LogP contribution in [-0.4, -0.2) is 6.61 Å². The van der Waals surface area contributed by atoms with Gasteiger partial charge in [-0.3, -0.25) is 0 Å². The molecule has 0 saturated carbocycles. The lowest BCUT2D eigenvalue weighted by Crippen LogP contribution is -2.32. The maximum Gasteiger partial charge on any atom is 0.320 e. The van der Waals surface area contributed by atoms with Gasteiger partial charge >= 0.3 is 7.49 Å². The van der Waals surface area contributed by atoms with Crippen LogP contribution >= 0.6 is 7.49 Å². The van der Waals surface area contributed by atoms with Crippen LogP contribution in [0.3, 0.4) is 0 Å². The van der Waals surface area contributed by atoms with Crippen molar-refractivity contribution in [2.45, 2.75) is 14.4 Å². The van der Waals surface area contributed by atoms with E-state index in [-0.39, 0.29) is 7.43 Å². The van der Waals surface area contributed by atoms with E-state index < -0.39 is 7.49 Å². The largest absolute Gasteiger partial charge is 0.432 e. The molecular weight excluding hydrogens is 307 g/mol. The summed E-state index contributed by atoms with van der Waals surface area (Å²) in [7, 11) is -2.41. The Kier molecular flexibility index (Phi) is 6.12. The first-order valence-corrected chi connectivity index (χ1v) is 8.94. The fourth-order valence-electron chi connectivity index (χ4n) is 2.38. The summed E-state index contributed by atoms with van der Waals surface area (Å²) in [4.78, 5) is 5.42. The molecule has 0 fully saturated rings. The van der Waals surface area contributed by atoms with Gasteiger partial charge in [0.25, 0.3) is 5.50 Å². The SMILES string of the molecule is C.CCOO[P+](c1ccccc1)(c1ccccc1)c1ccco1. The summed E-state index contributed by atoms with van der Waals surface area (Å²) in [6.45, 7) is 2.38. The highest BCUT2D eigenvalue weighted by molar-refractivity contribution is 7.91. The van der Waals surface area contributed by atoms with Crippen molar-refractivity contribution in [3.63, 3.8) is 0 Å². The first kappa shape index (κ1) is 17.4. The van der Waals surface area contributed by atoms with E-state index >= 15 is 0 Å². The van der Waals surface area contributed by atoms with Crippen molar-refractivity contribution in [1.29, 1.82) is 0 Å². The van der Waals surface area contributed by atoms with Gasteiger partial charge in [-0.1, -0.05) is 48.5 Å². The minimum Gasteiger partial charge on any atom is -0.432 e. The summed E-state index contributed by atoms with van der Waals surface area (Å²) in [6, 6.07) is 24.1. The summed E-state index contributed by atoms with van der Waals surface area (Å²) in [5.74, 6) is 0. The first-order chi connectivity index (χ1) is 10.9. The molecule has 0 amide bonds. The highest BCUT2D eigenvalue weighted by Gasteiger charge is 2.53. The molecule has 0 atom stereocenters. The van der Waals surface area contributed by atoms with Crippen molar-refractivity contribution >= 4 is 23.6 Å². The zero-order valence-electron chi connectivity index (χ0n) is 12.4. The minimum atomic E-state index is -2.41. The van der Waals surface area contributed by atoms with Gasteiger partial charge in [-0.15, -0.1) is 0 Å². The lowest BCUT2D eigenvalue weighted by Gasteiger charge is -2.20. The average Bonchev–Trinajstić information content (AvgIpc) is 3.13. The molecule has 4 heteroatoms. The van der Waals surface area contributed by atoms with E-state index in [0.717, 1.165) is 16.1 Å². The maximum absolute atomic E-state index is 6.01. The second-order valence-corrected chi connectivity index (χ2v) is 7.55. The molecule has 3 aromatic rings. The molecule has 3 rings (SSSR count). The third kappa shape index (κ3) is 3.37. The van der Waals surface area contributed by atoms with Crippen molar-refractivity contribution in [1.82, 2.24) is 0 Å². The normalized spacial score (nSPS) is 11.0. The quantitative estimate of drug-likeness (QED) is 0.388. The third-order valence-electron chi connectivity index (χ3n) is 3.34. The van der Waals surface area contributed by atoms with Gasteiger partial charge in [0.2, 0.25) is 0 Å². The van der Waals surface area contributed by atoms with Crippen molar-refractivity contribution in [3.8, 4) is 0 Å². The molecular formula is C19H22O3P+. The Morgan fingerprint density at radius 1 is 0.826 bits per heavy atom. The predicted octanol–water partition coefficient (Wildman–Crippen LogP) is 4.09. The average molecular weight is 329 g/mol. The van der Waals surface area contributed by atoms with Crippen LogP contribution in [0.4, 0.5) is 0 Å². The number of hydrogen-bond acceptors (Lipinski definition) is 3. The predicted molar refractivity (Wildman–Crippen MR) is 96.9 cm³/mol. The lowest BCUT2D eigenvalue weighted by molar-refractivity contribution is -0.194. The Balaban J connectivity index is 0.00000192. The Bertz CT molecular complexity index is 642. The zero-order chi connectivity index (χ0) is 15.3. The van der Waals surface area contributed by atoms with Crippen LogP contribution in [0.5, 0.6) is 0 Å². The van der Waals surface area contributed by atoms with Crippen molar-refractivity contribution in [2.75, 3.05) is 6.61 Å². The molecule has 0 radical (unpaired) electrons. The van der Waals surface area contributed by atoms with Gasteiger partial charge in [0.15, 0.2) is 0 Å². The van der Waals surface area contributed by atoms with Crippen LogP contribution in [0.15, 0.2) is 83.5 Å². The fourth-order valence-corrected chi connectivity index (χ4v) is 5.39. The van der Waals surface area contributed by atoms with E-state index in [9.17, 15) is 0 Å². The van der Waals surface area contributed by atoms with Crippen LogP contribution in [0.2, 0.25) is 0 Å². The molecule has 0 spiro atoms. The summed E-state index contributed by atoms with van der Waals surface area (Å²) in [6.07, 6.45) is 1.67. The van der Waals surface area contributed by atoms with Gasteiger partial charge in [-0.25, -0.2) is 0 Å². The van der Waals surface area contributed by atoms with Gasteiger partial charge in [-0.05, 0) is 37.3 Å². The van der Waals surface area contributed by atoms with Crippen molar-refractivity contribution in [3.05, 3.63) is 79.1 Å². The molecule has 0 unspecified atom stereocenters. The van der Waals surface area contributed by atoms with E-state index in [2.05, 4.69) is 24.3 Å². The molecule has 23 heavy (non-hydrogen) atoms. The Hall–Kier alpha value is -1.93. The van der Waals surface area contributed by atoms with E-state index in [0.29, 0.717) is 6.61 Å². The monoisotopic (exact) mass is 329 g/mol. The summed E-state index contributed by atoms with van der Waals surface area (Å²) < 4.78 is 11.8. The van der Waals surface area contributed by atoms with Crippen LogP contribution in [-0.2, 0) is 9.56 Å². The third-order valence-corrected chi connectivity index (χ3v) is 6.59. The molecule has 0 bridgehead atoms. The van der Waals surface area contributed by atoms with Crippen LogP contribution in [0.1, 0.15) is 14.4 Å². The Morgan fingerprint density at radius 3 is 1.83 bits per heavy atom. The van der Waals surface area contributed by atoms with E-state index in [1.54, 1.807) is 6.26 Å². The number of furan rings is 1. The van der Waals surface area contributed by atoms with E-state index in [1.807, 2.05) is 55.5 Å². The maximum atomic E-state index is 6.01. The van der Waals surface area contributed by atoms with E-state index in [1.165, 1.54) is 0 Å². The van der Waals surface area contributed by atoms with Crippen molar-refractivity contribution in [2.24, 2.45) is 0 Å². The standard InChI is InChI=1S/C18H18O3P.CH4/c1-2-20-21-22(18-14-9-15-19-18,16-10-5-3-6-11-16)17-12-7-4-8-13-17;/h3-15H,2H2,1H3;1H4/q+1;. The van der Waals surface area contributed by atoms with Gasteiger partial charge in [0.05, 0.1) is 12.9 Å². The number of hydrogen-bond donors (Lipinski definition) is 0. The van der Waals surface area contributed by atoms with Gasteiger partial charge in [0, 0.05) is 6.07 Å². The first-order valence-electron chi connectivity index (χ1n) is 7.23. The second-order valence-electron chi connectivity index (χ2n) is 4.71. The molecule has 120 valence electrons. The number of rotatable bonds is 6. The molecule has 0 aliphatic rings. The van der Waals surface area contributed by atoms with Gasteiger partial charge in [0.1, 0.15) is 10.6 Å². The number of benzene rings is 2. The summed E-state index contributed by atoms with van der Waals surface area (Å²) >= 11 is 0. The van der Waals surface area contributed by atoms with Crippen LogP contribution in [0.25, 0.3) is 0 Å². The molecule has 0 aliphatic heterocycles. The molecule has 0 N–H and O–H groups in total. The van der Waals surface area contributed by atoms with Crippen LogP contribution in [0, 0.1) is 0 Å². The minimum absolute atomic E-state index is 0. The summed E-state index contributed by atoms with van der Waals surface area (Å²) in [5, 5.41) is 2.12. The lowest BCUT2D eigenvalue weighted by atomic mass is 10.4. The van der Waals surface area contributed by atoms with E-state index in [4.69, 9.17) is 14.0 Å². The molecule has 0 aliphatic carbocycles. The Morgan fingerprint density at radius 2 is 1.39 bits per heavy atom. The summed E-state index contributed by atoms with van der Waals surface area (Å²) in [5.41, 5.74) is 0.790. The highest BCUT2D eigenvalue weighted by Crippen LogP contribution is 2.56. The molecule has 3 nitrogen and oxygen atoms in total. The topological polar surface area (TPSA) is 31.6 Å². The zero-order valence-corrected chi connectivity index (χ0v) is 13.3. The van der Waals surface area contributed by atoms with Gasteiger partial charge < -0.3 is 4.42 Å².